The summed E-state index contributed by atoms with van der Waals surface area (Å²) >= 11 is 1.45. The van der Waals surface area contributed by atoms with E-state index in [2.05, 4.69) is 20.5 Å². The normalized spacial score (nSPS) is 15.5. The third-order valence-corrected chi connectivity index (χ3v) is 8.59. The summed E-state index contributed by atoms with van der Waals surface area (Å²) in [6, 6.07) is 9.80. The molecule has 5 rings (SSSR count). The van der Waals surface area contributed by atoms with Gasteiger partial charge in [0.05, 0.1) is 25.3 Å². The van der Waals surface area contributed by atoms with Gasteiger partial charge in [-0.3, -0.25) is 9.59 Å². The molecule has 1 aliphatic heterocycles. The maximum absolute atomic E-state index is 12.6. The first kappa shape index (κ1) is 30.7. The van der Waals surface area contributed by atoms with Crippen molar-refractivity contribution in [3.63, 3.8) is 0 Å². The number of aromatic nitrogens is 3. The topological polar surface area (TPSA) is 125 Å². The van der Waals surface area contributed by atoms with Crippen LogP contribution in [0.5, 0.6) is 5.75 Å². The first-order valence-corrected chi connectivity index (χ1v) is 15.8. The lowest BCUT2D eigenvalue weighted by molar-refractivity contribution is -0.132. The molecule has 2 aliphatic rings. The van der Waals surface area contributed by atoms with Crippen LogP contribution in [0.4, 0.5) is 23.0 Å². The lowest BCUT2D eigenvalue weighted by Gasteiger charge is -2.36. The molecule has 2 fully saturated rings. The van der Waals surface area contributed by atoms with Crippen LogP contribution in [-0.2, 0) is 14.3 Å². The highest BCUT2D eigenvalue weighted by molar-refractivity contribution is 7.99. The van der Waals surface area contributed by atoms with E-state index < -0.39 is 0 Å². The highest BCUT2D eigenvalue weighted by Gasteiger charge is 2.27. The largest absolute Gasteiger partial charge is 0.487 e. The van der Waals surface area contributed by atoms with Crippen LogP contribution in [0.3, 0.4) is 0 Å². The Morgan fingerprint density at radius 2 is 1.81 bits per heavy atom. The molecule has 1 aliphatic carbocycles. The number of benzene rings is 1. The summed E-state index contributed by atoms with van der Waals surface area (Å²) < 4.78 is 11.2. The quantitative estimate of drug-likeness (QED) is 0.238. The summed E-state index contributed by atoms with van der Waals surface area (Å²) in [6.07, 6.45) is 6.45. The molecule has 11 nitrogen and oxygen atoms in total. The van der Waals surface area contributed by atoms with Crippen molar-refractivity contribution in [3.05, 3.63) is 42.2 Å². The van der Waals surface area contributed by atoms with Gasteiger partial charge in [0.2, 0.25) is 17.6 Å². The van der Waals surface area contributed by atoms with Gasteiger partial charge in [0, 0.05) is 61.7 Å². The van der Waals surface area contributed by atoms with Crippen molar-refractivity contribution in [3.8, 4) is 5.75 Å². The van der Waals surface area contributed by atoms with E-state index in [-0.39, 0.29) is 17.7 Å². The van der Waals surface area contributed by atoms with Crippen molar-refractivity contribution in [1.29, 1.82) is 0 Å². The average Bonchev–Trinajstić information content (AvgIpc) is 3.70. The molecule has 0 radical (unpaired) electrons. The van der Waals surface area contributed by atoms with Crippen molar-refractivity contribution in [1.82, 2.24) is 19.9 Å². The van der Waals surface area contributed by atoms with Gasteiger partial charge in [-0.2, -0.15) is 0 Å². The number of H-pyrrole nitrogens is 1. The molecule has 0 atom stereocenters. The zero-order valence-electron chi connectivity index (χ0n) is 25.1. The van der Waals surface area contributed by atoms with Gasteiger partial charge in [0.25, 0.3) is 0 Å². The van der Waals surface area contributed by atoms with Crippen LogP contribution >= 0.6 is 11.8 Å². The second-order valence-electron chi connectivity index (χ2n) is 10.8. The van der Waals surface area contributed by atoms with Crippen LogP contribution in [-0.4, -0.2) is 78.2 Å². The van der Waals surface area contributed by atoms with Crippen molar-refractivity contribution >= 4 is 46.6 Å². The highest BCUT2D eigenvalue weighted by Crippen LogP contribution is 2.39. The lowest BCUT2D eigenvalue weighted by atomic mass is 10.1. The molecule has 2 amide bonds. The molecule has 0 unspecified atom stereocenters. The molecule has 3 aromatic rings. The molecule has 230 valence electrons. The Balaban J connectivity index is 1.37. The van der Waals surface area contributed by atoms with E-state index in [0.717, 1.165) is 47.6 Å². The number of aryl methyl sites for hydroxylation is 1. The maximum atomic E-state index is 12.6. The summed E-state index contributed by atoms with van der Waals surface area (Å²) in [6.45, 7) is 7.23. The molecular formula is C31H41N7O4S. The molecule has 3 heterocycles. The minimum atomic E-state index is 0.0959. The Morgan fingerprint density at radius 1 is 1.07 bits per heavy atom. The van der Waals surface area contributed by atoms with Crippen LogP contribution < -0.4 is 20.3 Å². The number of methoxy groups -OCH3 is 1. The number of aromatic amines is 1. The van der Waals surface area contributed by atoms with E-state index in [4.69, 9.17) is 19.4 Å². The number of ether oxygens (including phenoxy) is 2. The standard InChI is InChI=1S/C31H41N7O4S/c1-4-42-27-28(33-24-19-21(2)32-20-24)35-31(36-29(27)38-16-14-37(15-17-38)26(39)13-18-41-3)43-25-11-9-23(10-12-25)34-30(40)22-7-5-6-8-22/h9-12,19-20,22,32H,4-8,13-18H2,1-3H3,(H,34,40)(H,33,35,36). The molecule has 1 saturated heterocycles. The van der Waals surface area contributed by atoms with Crippen molar-refractivity contribution in [2.75, 3.05) is 62.0 Å². The highest BCUT2D eigenvalue weighted by atomic mass is 32.2. The molecule has 0 bridgehead atoms. The number of nitrogens with one attached hydrogen (secondary N) is 3. The van der Waals surface area contributed by atoms with Crippen molar-refractivity contribution < 1.29 is 19.1 Å². The molecule has 0 spiro atoms. The van der Waals surface area contributed by atoms with Gasteiger partial charge in [-0.25, -0.2) is 9.97 Å². The predicted molar refractivity (Wildman–Crippen MR) is 168 cm³/mol. The number of amides is 2. The fourth-order valence-corrected chi connectivity index (χ4v) is 6.17. The molecule has 3 N–H and O–H groups in total. The number of piperazine rings is 1. The molecular weight excluding hydrogens is 566 g/mol. The van der Waals surface area contributed by atoms with Gasteiger partial charge in [-0.15, -0.1) is 0 Å². The summed E-state index contributed by atoms with van der Waals surface area (Å²) in [5.74, 6) is 2.16. The van der Waals surface area contributed by atoms with E-state index in [0.29, 0.717) is 68.4 Å². The lowest BCUT2D eigenvalue weighted by Crippen LogP contribution is -2.49. The molecule has 1 saturated carbocycles. The van der Waals surface area contributed by atoms with Crippen LogP contribution in [0.15, 0.2) is 46.6 Å². The van der Waals surface area contributed by atoms with Gasteiger partial charge in [-0.05, 0) is 68.8 Å². The zero-order valence-corrected chi connectivity index (χ0v) is 26.0. The molecule has 43 heavy (non-hydrogen) atoms. The first-order valence-electron chi connectivity index (χ1n) is 15.0. The van der Waals surface area contributed by atoms with Gasteiger partial charge in [0.15, 0.2) is 16.8 Å². The number of hydrogen-bond acceptors (Lipinski definition) is 9. The number of hydrogen-bond donors (Lipinski definition) is 3. The van der Waals surface area contributed by atoms with Gasteiger partial charge >= 0.3 is 0 Å². The van der Waals surface area contributed by atoms with Crippen LogP contribution in [0, 0.1) is 12.8 Å². The summed E-state index contributed by atoms with van der Waals surface area (Å²) in [5.41, 5.74) is 2.69. The fraction of sp³-hybridized carbons (Fsp3) is 0.484. The van der Waals surface area contributed by atoms with Crippen molar-refractivity contribution in [2.24, 2.45) is 5.92 Å². The Kier molecular flexibility index (Phi) is 10.4. The second kappa shape index (κ2) is 14.6. The van der Waals surface area contributed by atoms with Gasteiger partial charge < -0.3 is 34.9 Å². The number of anilines is 4. The van der Waals surface area contributed by atoms with E-state index >= 15 is 0 Å². The monoisotopic (exact) mass is 607 g/mol. The number of nitrogens with zero attached hydrogens (tertiary/aromatic N) is 4. The smallest absolute Gasteiger partial charge is 0.227 e. The Morgan fingerprint density at radius 3 is 2.47 bits per heavy atom. The fourth-order valence-electron chi connectivity index (χ4n) is 5.42. The summed E-state index contributed by atoms with van der Waals surface area (Å²) in [5, 5.41) is 7.04. The first-order chi connectivity index (χ1) is 20.9. The third-order valence-electron chi connectivity index (χ3n) is 7.71. The van der Waals surface area contributed by atoms with E-state index in [1.807, 2.05) is 55.3 Å². The summed E-state index contributed by atoms with van der Waals surface area (Å²) in [4.78, 5) is 43.2. The van der Waals surface area contributed by atoms with Gasteiger partial charge in [0.1, 0.15) is 0 Å². The number of rotatable bonds is 12. The minimum Gasteiger partial charge on any atom is -0.487 e. The number of carbonyl (C=O) groups is 2. The van der Waals surface area contributed by atoms with Crippen LogP contribution in [0.1, 0.15) is 44.7 Å². The van der Waals surface area contributed by atoms with Crippen molar-refractivity contribution in [2.45, 2.75) is 56.0 Å². The SMILES string of the molecule is CCOc1c(Nc2c[nH]c(C)c2)nc(Sc2ccc(NC(=O)C3CCCC3)cc2)nc1N1CCN(C(=O)CCOC)CC1. The Hall–Kier alpha value is -3.77. The zero-order chi connectivity index (χ0) is 30.2. The molecule has 2 aromatic heterocycles. The maximum Gasteiger partial charge on any atom is 0.227 e. The van der Waals surface area contributed by atoms with E-state index in [9.17, 15) is 9.59 Å². The second-order valence-corrected chi connectivity index (χ2v) is 11.9. The Labute approximate surface area is 257 Å². The number of carbonyl (C=O) groups excluding carboxylic acids is 2. The van der Waals surface area contributed by atoms with Crippen LogP contribution in [0.2, 0.25) is 0 Å². The minimum absolute atomic E-state index is 0.0959. The van der Waals surface area contributed by atoms with Gasteiger partial charge in [-0.1, -0.05) is 12.8 Å². The predicted octanol–water partition coefficient (Wildman–Crippen LogP) is 5.22. The third kappa shape index (κ3) is 7.99. The Bertz CT molecular complexity index is 1380. The average molecular weight is 608 g/mol. The summed E-state index contributed by atoms with van der Waals surface area (Å²) in [7, 11) is 1.61. The van der Waals surface area contributed by atoms with E-state index in [1.54, 1.807) is 7.11 Å². The molecule has 1 aromatic carbocycles. The van der Waals surface area contributed by atoms with Crippen LogP contribution in [0.25, 0.3) is 0 Å². The van der Waals surface area contributed by atoms with E-state index in [1.165, 1.54) is 11.8 Å². The molecule has 12 heteroatoms.